The summed E-state index contributed by atoms with van der Waals surface area (Å²) in [5.74, 6) is 0.253. The van der Waals surface area contributed by atoms with Crippen molar-refractivity contribution >= 4 is 12.1 Å². The zero-order valence-corrected chi connectivity index (χ0v) is 31.5. The largest absolute Gasteiger partial charge is 0.465 e. The van der Waals surface area contributed by atoms with Crippen LogP contribution >= 0.6 is 0 Å². The monoisotopic (exact) mass is 659 g/mol. The van der Waals surface area contributed by atoms with Crippen LogP contribution in [0.25, 0.3) is 0 Å². The highest BCUT2D eigenvalue weighted by Crippen LogP contribution is 2.22. The molecular weight excluding hydrogens is 584 g/mol. The molecule has 0 radical (unpaired) electrons. The predicted molar refractivity (Wildman–Crippen MR) is 199 cm³/mol. The molecule has 0 aliphatic heterocycles. The number of hydrogen-bond acceptors (Lipinski definition) is 5. The molecule has 0 aliphatic carbocycles. The number of carbonyl (C=O) groups is 2. The van der Waals surface area contributed by atoms with Gasteiger partial charge in [-0.2, -0.15) is 0 Å². The maximum atomic E-state index is 13.6. The highest BCUT2D eigenvalue weighted by atomic mass is 16.6. The Morgan fingerprint density at radius 1 is 0.617 bits per heavy atom. The SMILES string of the molecule is CCCCCCCCCC(CC(=O)OCC(CCCCCC)CCCCCCCC)N(CCCN(C)C)C(=O)OCc1ccccc1. The van der Waals surface area contributed by atoms with E-state index in [9.17, 15) is 9.59 Å². The zero-order chi connectivity index (χ0) is 34.4. The zero-order valence-electron chi connectivity index (χ0n) is 31.5. The molecule has 0 aromatic heterocycles. The smallest absolute Gasteiger partial charge is 0.410 e. The minimum absolute atomic E-state index is 0.173. The molecule has 0 aliphatic rings. The van der Waals surface area contributed by atoms with Crippen LogP contribution in [0.5, 0.6) is 0 Å². The first-order chi connectivity index (χ1) is 22.9. The van der Waals surface area contributed by atoms with E-state index >= 15 is 0 Å². The lowest BCUT2D eigenvalue weighted by molar-refractivity contribution is -0.146. The molecular formula is C41H74N2O4. The Bertz CT molecular complexity index is 862. The average Bonchev–Trinajstić information content (AvgIpc) is 3.07. The molecule has 0 saturated heterocycles. The second kappa shape index (κ2) is 30.0. The summed E-state index contributed by atoms with van der Waals surface area (Å²) in [5.41, 5.74) is 0.965. The van der Waals surface area contributed by atoms with Gasteiger partial charge in [-0.05, 0) is 57.8 Å². The number of rotatable bonds is 31. The molecule has 0 heterocycles. The Kier molecular flexibility index (Phi) is 27.4. The summed E-state index contributed by atoms with van der Waals surface area (Å²) in [4.78, 5) is 31.1. The Balaban J connectivity index is 2.91. The molecule has 1 amide bonds. The van der Waals surface area contributed by atoms with Crippen molar-refractivity contribution in [1.29, 1.82) is 0 Å². The van der Waals surface area contributed by atoms with Crippen LogP contribution in [0.15, 0.2) is 30.3 Å². The van der Waals surface area contributed by atoms with Crippen molar-refractivity contribution in [3.05, 3.63) is 35.9 Å². The van der Waals surface area contributed by atoms with Crippen LogP contribution in [-0.4, -0.2) is 61.7 Å². The van der Waals surface area contributed by atoms with Gasteiger partial charge in [0.2, 0.25) is 0 Å². The third kappa shape index (κ3) is 23.8. The van der Waals surface area contributed by atoms with Crippen LogP contribution in [0.2, 0.25) is 0 Å². The van der Waals surface area contributed by atoms with Gasteiger partial charge < -0.3 is 19.3 Å². The summed E-state index contributed by atoms with van der Waals surface area (Å²) in [5, 5.41) is 0. The topological polar surface area (TPSA) is 59.1 Å². The molecule has 1 rings (SSSR count). The molecule has 1 aromatic rings. The fourth-order valence-corrected chi connectivity index (χ4v) is 6.33. The number of ether oxygens (including phenoxy) is 2. The molecule has 272 valence electrons. The van der Waals surface area contributed by atoms with Crippen molar-refractivity contribution in [2.75, 3.05) is 33.8 Å². The van der Waals surface area contributed by atoms with Crippen LogP contribution in [0.1, 0.15) is 168 Å². The number of hydrogen-bond donors (Lipinski definition) is 0. The fraction of sp³-hybridized carbons (Fsp3) is 0.805. The average molecular weight is 659 g/mol. The molecule has 0 bridgehead atoms. The summed E-state index contributed by atoms with van der Waals surface area (Å²) in [6.07, 6.45) is 24.9. The maximum Gasteiger partial charge on any atom is 0.410 e. The molecule has 6 nitrogen and oxygen atoms in total. The van der Waals surface area contributed by atoms with Crippen molar-refractivity contribution in [2.24, 2.45) is 5.92 Å². The van der Waals surface area contributed by atoms with Crippen LogP contribution in [-0.2, 0) is 20.9 Å². The minimum atomic E-state index is -0.328. The normalized spacial score (nSPS) is 12.6. The number of amides is 1. The first-order valence-electron chi connectivity index (χ1n) is 19.7. The Morgan fingerprint density at radius 3 is 1.68 bits per heavy atom. The van der Waals surface area contributed by atoms with E-state index in [2.05, 4.69) is 39.8 Å². The van der Waals surface area contributed by atoms with Crippen LogP contribution in [0, 0.1) is 5.92 Å². The molecule has 0 spiro atoms. The van der Waals surface area contributed by atoms with Gasteiger partial charge in [-0.15, -0.1) is 0 Å². The van der Waals surface area contributed by atoms with Crippen LogP contribution in [0.3, 0.4) is 0 Å². The molecule has 1 aromatic carbocycles. The van der Waals surface area contributed by atoms with E-state index in [1.54, 1.807) is 0 Å². The third-order valence-corrected chi connectivity index (χ3v) is 9.34. The number of nitrogens with zero attached hydrogens (tertiary/aromatic N) is 2. The lowest BCUT2D eigenvalue weighted by atomic mass is 9.95. The van der Waals surface area contributed by atoms with Crippen molar-refractivity contribution in [2.45, 2.75) is 175 Å². The van der Waals surface area contributed by atoms with Gasteiger partial charge in [0.25, 0.3) is 0 Å². The summed E-state index contributed by atoms with van der Waals surface area (Å²) < 4.78 is 11.9. The molecule has 2 atom stereocenters. The van der Waals surface area contributed by atoms with Gasteiger partial charge >= 0.3 is 12.1 Å². The van der Waals surface area contributed by atoms with E-state index in [1.807, 2.05) is 35.2 Å². The molecule has 47 heavy (non-hydrogen) atoms. The van der Waals surface area contributed by atoms with Gasteiger partial charge in [-0.1, -0.05) is 160 Å². The molecule has 2 unspecified atom stereocenters. The second-order valence-corrected chi connectivity index (χ2v) is 14.1. The van der Waals surface area contributed by atoms with Gasteiger partial charge in [-0.25, -0.2) is 4.79 Å². The van der Waals surface area contributed by atoms with Crippen molar-refractivity contribution in [1.82, 2.24) is 9.80 Å². The third-order valence-electron chi connectivity index (χ3n) is 9.34. The second-order valence-electron chi connectivity index (χ2n) is 14.1. The Morgan fingerprint density at radius 2 is 1.13 bits per heavy atom. The van der Waals surface area contributed by atoms with E-state index in [0.717, 1.165) is 50.6 Å². The van der Waals surface area contributed by atoms with Crippen molar-refractivity contribution < 1.29 is 19.1 Å². The maximum absolute atomic E-state index is 13.6. The highest BCUT2D eigenvalue weighted by Gasteiger charge is 2.28. The standard InChI is InChI=1S/C41H74N2O4/c1-6-9-12-15-17-19-25-31-39(43(33-26-32-42(4)5)41(45)47-36-38-29-23-20-24-30-38)34-40(44)46-35-37(27-21-14-11-8-3)28-22-18-16-13-10-7-2/h20,23-24,29-30,37,39H,6-19,21-22,25-28,31-36H2,1-5H3. The van der Waals surface area contributed by atoms with E-state index in [-0.39, 0.29) is 31.1 Å². The minimum Gasteiger partial charge on any atom is -0.465 e. The summed E-state index contributed by atoms with van der Waals surface area (Å²) in [7, 11) is 4.10. The van der Waals surface area contributed by atoms with Gasteiger partial charge in [-0.3, -0.25) is 4.79 Å². The van der Waals surface area contributed by atoms with Gasteiger partial charge in [0.05, 0.1) is 13.0 Å². The Labute approximate surface area is 290 Å². The molecule has 6 heteroatoms. The first-order valence-corrected chi connectivity index (χ1v) is 19.7. The highest BCUT2D eigenvalue weighted by molar-refractivity contribution is 5.73. The number of esters is 1. The van der Waals surface area contributed by atoms with Gasteiger partial charge in [0.15, 0.2) is 0 Å². The first kappa shape index (κ1) is 42.9. The van der Waals surface area contributed by atoms with E-state index in [1.165, 1.54) is 96.3 Å². The molecule has 0 N–H and O–H groups in total. The van der Waals surface area contributed by atoms with E-state index in [0.29, 0.717) is 19.1 Å². The Hall–Kier alpha value is -2.08. The van der Waals surface area contributed by atoms with Crippen molar-refractivity contribution in [3.63, 3.8) is 0 Å². The van der Waals surface area contributed by atoms with E-state index < -0.39 is 0 Å². The fourth-order valence-electron chi connectivity index (χ4n) is 6.33. The number of benzene rings is 1. The van der Waals surface area contributed by atoms with E-state index in [4.69, 9.17) is 9.47 Å². The molecule has 0 fully saturated rings. The van der Waals surface area contributed by atoms with Crippen molar-refractivity contribution in [3.8, 4) is 0 Å². The lowest BCUT2D eigenvalue weighted by Crippen LogP contribution is -2.43. The quantitative estimate of drug-likeness (QED) is 0.0587. The summed E-state index contributed by atoms with van der Waals surface area (Å²) >= 11 is 0. The number of unbranched alkanes of at least 4 members (excludes halogenated alkanes) is 14. The number of carbonyl (C=O) groups excluding carboxylic acids is 2. The summed E-state index contributed by atoms with van der Waals surface area (Å²) in [6, 6.07) is 9.61. The van der Waals surface area contributed by atoms with Crippen LogP contribution in [0.4, 0.5) is 4.79 Å². The molecule has 0 saturated carbocycles. The van der Waals surface area contributed by atoms with Gasteiger partial charge in [0, 0.05) is 12.6 Å². The predicted octanol–water partition coefficient (Wildman–Crippen LogP) is 11.4. The van der Waals surface area contributed by atoms with Gasteiger partial charge in [0.1, 0.15) is 6.61 Å². The van der Waals surface area contributed by atoms with Crippen LogP contribution < -0.4 is 0 Å². The lowest BCUT2D eigenvalue weighted by Gasteiger charge is -2.31. The summed E-state index contributed by atoms with van der Waals surface area (Å²) in [6.45, 7) is 8.93.